The summed E-state index contributed by atoms with van der Waals surface area (Å²) in [5.74, 6) is 0.655. The summed E-state index contributed by atoms with van der Waals surface area (Å²) in [4.78, 5) is 18.5. The summed E-state index contributed by atoms with van der Waals surface area (Å²) in [7, 11) is 0. The van der Waals surface area contributed by atoms with Gasteiger partial charge in [-0.25, -0.2) is 9.97 Å². The smallest absolute Gasteiger partial charge is 0.160 e. The molecule has 6 nitrogen and oxygen atoms in total. The quantitative estimate of drug-likeness (QED) is 0.172. The van der Waals surface area contributed by atoms with E-state index in [4.69, 9.17) is 9.97 Å². The van der Waals surface area contributed by atoms with Crippen LogP contribution in [-0.2, 0) is 0 Å². The van der Waals surface area contributed by atoms with E-state index in [1.807, 2.05) is 30.3 Å². The van der Waals surface area contributed by atoms with Gasteiger partial charge in [0.2, 0.25) is 0 Å². The second kappa shape index (κ2) is 13.0. The molecular weight excluding hydrogens is 685 g/mol. The van der Waals surface area contributed by atoms with Crippen LogP contribution >= 0.6 is 0 Å². The van der Waals surface area contributed by atoms with Crippen LogP contribution in [0.3, 0.4) is 0 Å². The van der Waals surface area contributed by atoms with Gasteiger partial charge in [-0.15, -0.1) is 0 Å². The van der Waals surface area contributed by atoms with E-state index in [0.717, 1.165) is 50.6 Å². The van der Waals surface area contributed by atoms with E-state index in [9.17, 15) is 0 Å². The van der Waals surface area contributed by atoms with Gasteiger partial charge in [0, 0.05) is 74.4 Å². The van der Waals surface area contributed by atoms with Crippen LogP contribution in [-0.4, -0.2) is 29.1 Å². The van der Waals surface area contributed by atoms with Crippen LogP contribution in [0.4, 0.5) is 0 Å². The third-order valence-electron chi connectivity index (χ3n) is 10.7. The Labute approximate surface area is 322 Å². The van der Waals surface area contributed by atoms with Crippen molar-refractivity contribution in [3.63, 3.8) is 0 Å². The van der Waals surface area contributed by atoms with Crippen molar-refractivity contribution in [1.29, 1.82) is 0 Å². The molecule has 0 aliphatic rings. The number of pyridine rings is 2. The first-order valence-electron chi connectivity index (χ1n) is 18.7. The van der Waals surface area contributed by atoms with Crippen LogP contribution in [0.5, 0.6) is 0 Å². The zero-order valence-corrected chi connectivity index (χ0v) is 30.2. The largest absolute Gasteiger partial charge is 0.309 e. The monoisotopic (exact) mass is 716 g/mol. The second-order valence-electron chi connectivity index (χ2n) is 14.0. The first-order chi connectivity index (χ1) is 27.8. The number of nitrogens with zero attached hydrogens (tertiary/aromatic N) is 6. The zero-order valence-electron chi connectivity index (χ0n) is 30.2. The summed E-state index contributed by atoms with van der Waals surface area (Å²) >= 11 is 0. The number of rotatable bonds is 6. The number of aromatic nitrogens is 6. The molecule has 6 aromatic carbocycles. The van der Waals surface area contributed by atoms with Gasteiger partial charge in [-0.3, -0.25) is 9.97 Å². The Bertz CT molecular complexity index is 2940. The maximum atomic E-state index is 5.05. The Hall–Kier alpha value is -7.70. The number of para-hydroxylation sites is 4. The van der Waals surface area contributed by atoms with Crippen molar-refractivity contribution in [3.05, 3.63) is 195 Å². The first kappa shape index (κ1) is 31.8. The summed E-state index contributed by atoms with van der Waals surface area (Å²) in [6.07, 6.45) is 7.16. The molecule has 0 aliphatic heterocycles. The Morgan fingerprint density at radius 3 is 1.09 bits per heavy atom. The lowest BCUT2D eigenvalue weighted by molar-refractivity contribution is 1.13. The molecule has 0 aliphatic carbocycles. The molecule has 0 saturated heterocycles. The fraction of sp³-hybridized carbons (Fsp3) is 0. The maximum absolute atomic E-state index is 5.05. The first-order valence-corrected chi connectivity index (χ1v) is 18.7. The molecule has 0 N–H and O–H groups in total. The number of fused-ring (bicyclic) bond motifs is 6. The minimum absolute atomic E-state index is 0.655. The summed E-state index contributed by atoms with van der Waals surface area (Å²) in [6, 6.07) is 60.3. The molecule has 0 unspecified atom stereocenters. The molecule has 0 spiro atoms. The second-order valence-corrected chi connectivity index (χ2v) is 14.0. The fourth-order valence-electron chi connectivity index (χ4n) is 8.15. The minimum Gasteiger partial charge on any atom is -0.309 e. The molecule has 0 bridgehead atoms. The van der Waals surface area contributed by atoms with E-state index < -0.39 is 0 Å². The maximum Gasteiger partial charge on any atom is 0.160 e. The lowest BCUT2D eigenvalue weighted by Gasteiger charge is -2.16. The number of hydrogen-bond acceptors (Lipinski definition) is 4. The van der Waals surface area contributed by atoms with Gasteiger partial charge in [0.15, 0.2) is 5.82 Å². The molecular formula is C50H32N6. The Morgan fingerprint density at radius 2 is 0.679 bits per heavy atom. The Morgan fingerprint density at radius 1 is 0.304 bits per heavy atom. The molecule has 11 rings (SSSR count). The number of benzene rings is 6. The molecule has 262 valence electrons. The highest BCUT2D eigenvalue weighted by atomic mass is 15.0. The Balaban J connectivity index is 1.11. The standard InChI is InChI=1S/C50H32N6/c1-5-13-46-40(9-1)41-10-2-6-14-47(41)55(46)38-29-37(30-39(31-38)56-48-15-7-3-11-42(48)43-12-4-8-16-49(43)56)33-17-19-36(20-18-33)50-53-44(34-21-25-51-26-22-34)32-45(54-50)35-23-27-52-28-24-35/h1-32H. The molecule has 0 saturated carbocycles. The van der Waals surface area contributed by atoms with Crippen molar-refractivity contribution < 1.29 is 0 Å². The van der Waals surface area contributed by atoms with Crippen molar-refractivity contribution in [2.45, 2.75) is 0 Å². The van der Waals surface area contributed by atoms with Gasteiger partial charge in [0.05, 0.1) is 33.5 Å². The lowest BCUT2D eigenvalue weighted by Crippen LogP contribution is -2.00. The van der Waals surface area contributed by atoms with E-state index in [1.165, 1.54) is 43.6 Å². The highest BCUT2D eigenvalue weighted by Crippen LogP contribution is 2.38. The van der Waals surface area contributed by atoms with Crippen molar-refractivity contribution >= 4 is 43.6 Å². The molecule has 5 aromatic heterocycles. The van der Waals surface area contributed by atoms with Crippen LogP contribution in [0.1, 0.15) is 0 Å². The lowest BCUT2D eigenvalue weighted by atomic mass is 10.0. The van der Waals surface area contributed by atoms with Gasteiger partial charge in [-0.1, -0.05) is 97.1 Å². The normalized spacial score (nSPS) is 11.6. The molecule has 5 heterocycles. The molecule has 11 aromatic rings. The van der Waals surface area contributed by atoms with Crippen molar-refractivity contribution in [3.8, 4) is 56.4 Å². The van der Waals surface area contributed by atoms with Crippen molar-refractivity contribution in [2.24, 2.45) is 0 Å². The van der Waals surface area contributed by atoms with Crippen molar-refractivity contribution in [1.82, 2.24) is 29.1 Å². The van der Waals surface area contributed by atoms with Gasteiger partial charge in [0.25, 0.3) is 0 Å². The summed E-state index contributed by atoms with van der Waals surface area (Å²) in [5, 5.41) is 4.93. The summed E-state index contributed by atoms with van der Waals surface area (Å²) in [5.41, 5.74) is 13.6. The minimum atomic E-state index is 0.655. The van der Waals surface area contributed by atoms with Gasteiger partial charge >= 0.3 is 0 Å². The molecule has 6 heteroatoms. The fourth-order valence-corrected chi connectivity index (χ4v) is 8.15. The average Bonchev–Trinajstić information content (AvgIpc) is 3.80. The van der Waals surface area contributed by atoms with Crippen LogP contribution < -0.4 is 0 Å². The summed E-state index contributed by atoms with van der Waals surface area (Å²) < 4.78 is 4.80. The highest BCUT2D eigenvalue weighted by molar-refractivity contribution is 6.10. The topological polar surface area (TPSA) is 61.4 Å². The SMILES string of the molecule is c1ccc2c(c1)c1ccccc1n2-c1cc(-c2ccc(-c3nc(-c4ccncc4)cc(-c4ccncc4)n3)cc2)cc(-n2c3ccccc3c3ccccc32)c1. The molecule has 56 heavy (non-hydrogen) atoms. The molecule has 0 fully saturated rings. The van der Waals surface area contributed by atoms with E-state index in [1.54, 1.807) is 24.8 Å². The van der Waals surface area contributed by atoms with E-state index in [2.05, 4.69) is 159 Å². The van der Waals surface area contributed by atoms with E-state index in [-0.39, 0.29) is 0 Å². The van der Waals surface area contributed by atoms with E-state index >= 15 is 0 Å². The van der Waals surface area contributed by atoms with Gasteiger partial charge < -0.3 is 9.13 Å². The average molecular weight is 717 g/mol. The van der Waals surface area contributed by atoms with Crippen LogP contribution in [0.2, 0.25) is 0 Å². The highest BCUT2D eigenvalue weighted by Gasteiger charge is 2.18. The zero-order chi connectivity index (χ0) is 37.0. The van der Waals surface area contributed by atoms with Crippen LogP contribution in [0.15, 0.2) is 195 Å². The summed E-state index contributed by atoms with van der Waals surface area (Å²) in [6.45, 7) is 0. The van der Waals surface area contributed by atoms with Gasteiger partial charge in [0.1, 0.15) is 0 Å². The molecule has 0 radical (unpaired) electrons. The van der Waals surface area contributed by atoms with Crippen molar-refractivity contribution in [2.75, 3.05) is 0 Å². The van der Waals surface area contributed by atoms with Crippen LogP contribution in [0, 0.1) is 0 Å². The Kier molecular flexibility index (Phi) is 7.38. The third-order valence-corrected chi connectivity index (χ3v) is 10.7. The van der Waals surface area contributed by atoms with Gasteiger partial charge in [-0.05, 0) is 83.9 Å². The third kappa shape index (κ3) is 5.27. The van der Waals surface area contributed by atoms with Crippen LogP contribution in [0.25, 0.3) is 100 Å². The predicted octanol–water partition coefficient (Wildman–Crippen LogP) is 12.1. The molecule has 0 amide bonds. The molecule has 0 atom stereocenters. The van der Waals surface area contributed by atoms with Gasteiger partial charge in [-0.2, -0.15) is 0 Å². The predicted molar refractivity (Wildman–Crippen MR) is 228 cm³/mol. The number of hydrogen-bond donors (Lipinski definition) is 0. The van der Waals surface area contributed by atoms with E-state index in [0.29, 0.717) is 5.82 Å².